The monoisotopic (exact) mass is 377 g/mol. The molecule has 0 bridgehead atoms. The molecule has 0 heterocycles. The minimum absolute atomic E-state index is 0.121. The van der Waals surface area contributed by atoms with Crippen molar-refractivity contribution in [3.63, 3.8) is 0 Å². The number of carbonyl (C=O) groups excluding carboxylic acids is 2. The third-order valence-electron chi connectivity index (χ3n) is 4.11. The van der Waals surface area contributed by atoms with Gasteiger partial charge in [-0.25, -0.2) is 4.39 Å². The van der Waals surface area contributed by atoms with Crippen molar-refractivity contribution in [3.05, 3.63) is 89.7 Å². The van der Waals surface area contributed by atoms with Crippen molar-refractivity contribution in [1.82, 2.24) is 0 Å². The maximum atomic E-state index is 14.1. The van der Waals surface area contributed by atoms with E-state index >= 15 is 0 Å². The highest BCUT2D eigenvalue weighted by Gasteiger charge is 2.11. The SMILES string of the molecule is CCOC(=O)Cc1cccc(NC(=O)c2cc(F)cc(-c3ccccc3)c2)c1. The molecule has 1 amide bonds. The Hall–Kier alpha value is -3.47. The quantitative estimate of drug-likeness (QED) is 0.625. The van der Waals surface area contributed by atoms with Crippen molar-refractivity contribution < 1.29 is 18.7 Å². The fourth-order valence-corrected chi connectivity index (χ4v) is 2.86. The van der Waals surface area contributed by atoms with Crippen LogP contribution in [0.4, 0.5) is 10.1 Å². The molecule has 1 N–H and O–H groups in total. The van der Waals surface area contributed by atoms with Gasteiger partial charge in [-0.05, 0) is 53.9 Å². The van der Waals surface area contributed by atoms with Crippen molar-refractivity contribution in [2.24, 2.45) is 0 Å². The van der Waals surface area contributed by atoms with Crippen LogP contribution in [0.15, 0.2) is 72.8 Å². The molecule has 0 aliphatic heterocycles. The Morgan fingerprint density at radius 1 is 0.929 bits per heavy atom. The number of benzene rings is 3. The smallest absolute Gasteiger partial charge is 0.310 e. The summed E-state index contributed by atoms with van der Waals surface area (Å²) < 4.78 is 19.0. The summed E-state index contributed by atoms with van der Waals surface area (Å²) in [7, 11) is 0. The lowest BCUT2D eigenvalue weighted by Crippen LogP contribution is -2.13. The number of rotatable bonds is 6. The number of halogens is 1. The molecule has 0 radical (unpaired) electrons. The predicted octanol–water partition coefficient (Wildman–Crippen LogP) is 4.85. The molecule has 0 unspecified atom stereocenters. The third-order valence-corrected chi connectivity index (χ3v) is 4.11. The van der Waals surface area contributed by atoms with Crippen LogP contribution < -0.4 is 5.32 Å². The van der Waals surface area contributed by atoms with E-state index in [2.05, 4.69) is 5.32 Å². The number of anilines is 1. The summed E-state index contributed by atoms with van der Waals surface area (Å²) in [6, 6.07) is 20.5. The lowest BCUT2D eigenvalue weighted by molar-refractivity contribution is -0.142. The maximum Gasteiger partial charge on any atom is 0.310 e. The summed E-state index contributed by atoms with van der Waals surface area (Å²) in [5.74, 6) is -1.24. The van der Waals surface area contributed by atoms with E-state index in [1.807, 2.05) is 30.3 Å². The third kappa shape index (κ3) is 5.04. The number of nitrogens with one attached hydrogen (secondary N) is 1. The normalized spacial score (nSPS) is 10.4. The van der Waals surface area contributed by atoms with Crippen molar-refractivity contribution in [3.8, 4) is 11.1 Å². The molecule has 0 aliphatic carbocycles. The van der Waals surface area contributed by atoms with Crippen LogP contribution in [0.1, 0.15) is 22.8 Å². The molecule has 0 atom stereocenters. The van der Waals surface area contributed by atoms with E-state index in [4.69, 9.17) is 4.74 Å². The average molecular weight is 377 g/mol. The van der Waals surface area contributed by atoms with Crippen LogP contribution in [-0.4, -0.2) is 18.5 Å². The van der Waals surface area contributed by atoms with Crippen LogP contribution in [0.2, 0.25) is 0 Å². The molecule has 28 heavy (non-hydrogen) atoms. The molecule has 142 valence electrons. The van der Waals surface area contributed by atoms with Gasteiger partial charge < -0.3 is 10.1 Å². The van der Waals surface area contributed by atoms with Crippen LogP contribution in [0, 0.1) is 5.82 Å². The van der Waals surface area contributed by atoms with Crippen molar-refractivity contribution >= 4 is 17.6 Å². The molecule has 5 heteroatoms. The fraction of sp³-hybridized carbons (Fsp3) is 0.130. The van der Waals surface area contributed by atoms with Crippen LogP contribution in [0.3, 0.4) is 0 Å². The van der Waals surface area contributed by atoms with E-state index in [0.29, 0.717) is 17.9 Å². The molecule has 0 aliphatic rings. The van der Waals surface area contributed by atoms with E-state index in [0.717, 1.165) is 11.1 Å². The van der Waals surface area contributed by atoms with Crippen LogP contribution in [0.5, 0.6) is 0 Å². The zero-order valence-corrected chi connectivity index (χ0v) is 15.4. The zero-order chi connectivity index (χ0) is 19.9. The minimum atomic E-state index is -0.484. The van der Waals surface area contributed by atoms with Gasteiger partial charge in [0.25, 0.3) is 5.91 Å². The molecule has 4 nitrogen and oxygen atoms in total. The van der Waals surface area contributed by atoms with E-state index in [9.17, 15) is 14.0 Å². The molecular formula is C23H20FNO3. The highest BCUT2D eigenvalue weighted by molar-refractivity contribution is 6.05. The lowest BCUT2D eigenvalue weighted by Gasteiger charge is -2.09. The fourth-order valence-electron chi connectivity index (χ4n) is 2.86. The predicted molar refractivity (Wildman–Crippen MR) is 107 cm³/mol. The molecule has 0 fully saturated rings. The summed E-state index contributed by atoms with van der Waals surface area (Å²) in [5, 5.41) is 2.75. The first-order valence-electron chi connectivity index (χ1n) is 8.97. The maximum absolute atomic E-state index is 14.1. The van der Waals surface area contributed by atoms with Crippen LogP contribution in [0.25, 0.3) is 11.1 Å². The first kappa shape index (κ1) is 19.3. The average Bonchev–Trinajstić information content (AvgIpc) is 2.68. The van der Waals surface area contributed by atoms with Crippen molar-refractivity contribution in [2.75, 3.05) is 11.9 Å². The molecular weight excluding hydrogens is 357 g/mol. The highest BCUT2D eigenvalue weighted by Crippen LogP contribution is 2.22. The van der Waals surface area contributed by atoms with Crippen molar-refractivity contribution in [1.29, 1.82) is 0 Å². The highest BCUT2D eigenvalue weighted by atomic mass is 19.1. The van der Waals surface area contributed by atoms with Gasteiger partial charge in [0.05, 0.1) is 13.0 Å². The molecule has 0 aromatic heterocycles. The molecule has 0 saturated heterocycles. The molecule has 3 aromatic rings. The minimum Gasteiger partial charge on any atom is -0.466 e. The Kier molecular flexibility index (Phi) is 6.17. The molecule has 3 aromatic carbocycles. The van der Waals surface area contributed by atoms with E-state index < -0.39 is 11.7 Å². The molecule has 0 spiro atoms. The van der Waals surface area contributed by atoms with Gasteiger partial charge in [0.15, 0.2) is 0 Å². The Bertz CT molecular complexity index is 986. The second-order valence-electron chi connectivity index (χ2n) is 6.23. The zero-order valence-electron chi connectivity index (χ0n) is 15.4. The van der Waals surface area contributed by atoms with E-state index in [-0.39, 0.29) is 18.0 Å². The van der Waals surface area contributed by atoms with Gasteiger partial charge >= 0.3 is 5.97 Å². The summed E-state index contributed by atoms with van der Waals surface area (Å²) >= 11 is 0. The second kappa shape index (κ2) is 8.95. The first-order chi connectivity index (χ1) is 13.5. The van der Waals surface area contributed by atoms with Crippen molar-refractivity contribution in [2.45, 2.75) is 13.3 Å². The van der Waals surface area contributed by atoms with Gasteiger partial charge in [0.1, 0.15) is 5.82 Å². The Morgan fingerprint density at radius 2 is 1.71 bits per heavy atom. The number of hydrogen-bond acceptors (Lipinski definition) is 3. The van der Waals surface area contributed by atoms with Gasteiger partial charge in [-0.3, -0.25) is 9.59 Å². The molecule has 0 saturated carbocycles. The number of esters is 1. The standard InChI is InChI=1S/C23H20FNO3/c1-2-28-22(26)12-16-7-6-10-21(11-16)25-23(27)19-13-18(14-20(24)15-19)17-8-4-3-5-9-17/h3-11,13-15H,2,12H2,1H3,(H,25,27). The van der Waals surface area contributed by atoms with E-state index in [1.54, 1.807) is 37.3 Å². The first-order valence-corrected chi connectivity index (χ1v) is 8.97. The summed E-state index contributed by atoms with van der Waals surface area (Å²) in [6.07, 6.45) is 0.121. The number of amides is 1. The molecule has 3 rings (SSSR count). The van der Waals surface area contributed by atoms with Gasteiger partial charge in [-0.2, -0.15) is 0 Å². The number of carbonyl (C=O) groups is 2. The Morgan fingerprint density at radius 3 is 2.46 bits per heavy atom. The Balaban J connectivity index is 1.78. The van der Waals surface area contributed by atoms with Gasteiger partial charge in [0, 0.05) is 11.3 Å². The van der Waals surface area contributed by atoms with E-state index in [1.165, 1.54) is 12.1 Å². The number of hydrogen-bond donors (Lipinski definition) is 1. The van der Waals surface area contributed by atoms with Gasteiger partial charge in [0.2, 0.25) is 0 Å². The van der Waals surface area contributed by atoms with Crippen LogP contribution >= 0.6 is 0 Å². The van der Waals surface area contributed by atoms with Gasteiger partial charge in [-0.15, -0.1) is 0 Å². The largest absolute Gasteiger partial charge is 0.466 e. The van der Waals surface area contributed by atoms with Gasteiger partial charge in [-0.1, -0.05) is 42.5 Å². The summed E-state index contributed by atoms with van der Waals surface area (Å²) in [6.45, 7) is 2.07. The summed E-state index contributed by atoms with van der Waals surface area (Å²) in [4.78, 5) is 24.2. The Labute approximate surface area is 163 Å². The topological polar surface area (TPSA) is 55.4 Å². The van der Waals surface area contributed by atoms with Crippen LogP contribution in [-0.2, 0) is 16.0 Å². The lowest BCUT2D eigenvalue weighted by atomic mass is 10.0. The second-order valence-corrected chi connectivity index (χ2v) is 6.23. The summed E-state index contributed by atoms with van der Waals surface area (Å²) in [5.41, 5.74) is 2.92. The number of ether oxygens (including phenoxy) is 1.